The summed E-state index contributed by atoms with van der Waals surface area (Å²) in [6.07, 6.45) is 1.05. The van der Waals surface area contributed by atoms with E-state index in [-0.39, 0.29) is 11.8 Å². The van der Waals surface area contributed by atoms with Crippen molar-refractivity contribution in [1.29, 1.82) is 0 Å². The zero-order chi connectivity index (χ0) is 15.1. The zero-order valence-electron chi connectivity index (χ0n) is 12.3. The Balaban J connectivity index is 2.66. The van der Waals surface area contributed by atoms with Crippen LogP contribution in [-0.4, -0.2) is 17.9 Å². The lowest BCUT2D eigenvalue weighted by atomic mass is 10.0. The zero-order valence-corrected chi connectivity index (χ0v) is 12.3. The van der Waals surface area contributed by atoms with E-state index in [9.17, 15) is 9.59 Å². The third kappa shape index (κ3) is 5.40. The number of nitrogens with one attached hydrogen (secondary N) is 2. The van der Waals surface area contributed by atoms with Crippen LogP contribution in [0.1, 0.15) is 33.6 Å². The number of carbonyl (C=O) groups is 2. The van der Waals surface area contributed by atoms with Crippen LogP contribution >= 0.6 is 0 Å². The predicted octanol–water partition coefficient (Wildman–Crippen LogP) is 2.35. The molecule has 0 radical (unpaired) electrons. The van der Waals surface area contributed by atoms with Crippen LogP contribution in [0.3, 0.4) is 0 Å². The normalized spacial score (nSPS) is 12.1. The highest BCUT2D eigenvalue weighted by molar-refractivity contribution is 5.96. The quantitative estimate of drug-likeness (QED) is 0.746. The van der Waals surface area contributed by atoms with Gasteiger partial charge < -0.3 is 16.4 Å². The smallest absolute Gasteiger partial charge is 0.241 e. The molecule has 0 fully saturated rings. The molecule has 110 valence electrons. The molecule has 1 aromatic carbocycles. The molecule has 1 aromatic rings. The fourth-order valence-corrected chi connectivity index (χ4v) is 1.77. The fourth-order valence-electron chi connectivity index (χ4n) is 1.77. The Labute approximate surface area is 119 Å². The molecule has 4 N–H and O–H groups in total. The van der Waals surface area contributed by atoms with Crippen LogP contribution in [-0.2, 0) is 9.59 Å². The van der Waals surface area contributed by atoms with Gasteiger partial charge in [-0.05, 0) is 30.5 Å². The van der Waals surface area contributed by atoms with Crippen molar-refractivity contribution < 1.29 is 9.59 Å². The van der Waals surface area contributed by atoms with Crippen molar-refractivity contribution in [3.63, 3.8) is 0 Å². The number of carbonyl (C=O) groups excluding carboxylic acids is 2. The van der Waals surface area contributed by atoms with Gasteiger partial charge in [-0.25, -0.2) is 0 Å². The van der Waals surface area contributed by atoms with Gasteiger partial charge in [-0.2, -0.15) is 0 Å². The van der Waals surface area contributed by atoms with Crippen LogP contribution in [0, 0.1) is 5.92 Å². The van der Waals surface area contributed by atoms with Crippen LogP contribution in [0.4, 0.5) is 11.4 Å². The number of nitrogens with two attached hydrogens (primary N) is 1. The average molecular weight is 277 g/mol. The molecule has 0 aromatic heterocycles. The highest BCUT2D eigenvalue weighted by atomic mass is 16.2. The Kier molecular flexibility index (Phi) is 6.18. The second-order valence-corrected chi connectivity index (χ2v) is 5.21. The Morgan fingerprint density at radius 1 is 1.20 bits per heavy atom. The first-order valence-corrected chi connectivity index (χ1v) is 6.88. The minimum absolute atomic E-state index is 0.0648. The van der Waals surface area contributed by atoms with Crippen molar-refractivity contribution in [3.8, 4) is 0 Å². The summed E-state index contributed by atoms with van der Waals surface area (Å²) in [5.74, 6) is 0.0913. The maximum absolute atomic E-state index is 11.9. The molecule has 0 bridgehead atoms. The van der Waals surface area contributed by atoms with Crippen molar-refractivity contribution in [2.45, 2.75) is 39.7 Å². The molecule has 0 saturated heterocycles. The molecule has 0 aliphatic heterocycles. The SMILES string of the molecule is CCC(=O)Nc1cccc(NC(=O)[C@@H](N)CC(C)C)c1. The molecule has 0 unspecified atom stereocenters. The first kappa shape index (κ1) is 16.2. The molecule has 5 nitrogen and oxygen atoms in total. The van der Waals surface area contributed by atoms with Gasteiger partial charge >= 0.3 is 0 Å². The minimum Gasteiger partial charge on any atom is -0.326 e. The molecular formula is C15H23N3O2. The molecule has 1 atom stereocenters. The molecule has 0 aliphatic rings. The van der Waals surface area contributed by atoms with Crippen molar-refractivity contribution in [2.75, 3.05) is 10.6 Å². The molecule has 20 heavy (non-hydrogen) atoms. The van der Waals surface area contributed by atoms with Gasteiger partial charge in [-0.1, -0.05) is 26.8 Å². The van der Waals surface area contributed by atoms with Gasteiger partial charge in [0.1, 0.15) is 0 Å². The second kappa shape index (κ2) is 7.65. The Morgan fingerprint density at radius 3 is 2.35 bits per heavy atom. The van der Waals surface area contributed by atoms with Crippen LogP contribution in [0.25, 0.3) is 0 Å². The number of amides is 2. The second-order valence-electron chi connectivity index (χ2n) is 5.21. The fraction of sp³-hybridized carbons (Fsp3) is 0.467. The summed E-state index contributed by atoms with van der Waals surface area (Å²) in [5.41, 5.74) is 7.11. The van der Waals surface area contributed by atoms with E-state index in [1.54, 1.807) is 31.2 Å². The Hall–Kier alpha value is -1.88. The molecule has 0 aliphatic carbocycles. The maximum atomic E-state index is 11.9. The topological polar surface area (TPSA) is 84.2 Å². The summed E-state index contributed by atoms with van der Waals surface area (Å²) >= 11 is 0. The van der Waals surface area contributed by atoms with Crippen LogP contribution in [0.2, 0.25) is 0 Å². The molecule has 0 heterocycles. The van der Waals surface area contributed by atoms with Gasteiger partial charge in [0, 0.05) is 17.8 Å². The van der Waals surface area contributed by atoms with Crippen molar-refractivity contribution in [2.24, 2.45) is 11.7 Å². The molecule has 0 saturated carbocycles. The van der Waals surface area contributed by atoms with E-state index in [0.717, 1.165) is 0 Å². The molecule has 5 heteroatoms. The van der Waals surface area contributed by atoms with Crippen molar-refractivity contribution >= 4 is 23.2 Å². The largest absolute Gasteiger partial charge is 0.326 e. The van der Waals surface area contributed by atoms with Gasteiger partial charge in [0.25, 0.3) is 0 Å². The molecule has 1 rings (SSSR count). The monoisotopic (exact) mass is 277 g/mol. The molecule has 0 spiro atoms. The third-order valence-corrected chi connectivity index (χ3v) is 2.80. The first-order chi connectivity index (χ1) is 9.42. The number of benzene rings is 1. The summed E-state index contributed by atoms with van der Waals surface area (Å²) in [6.45, 7) is 5.83. The highest BCUT2D eigenvalue weighted by Crippen LogP contribution is 2.16. The summed E-state index contributed by atoms with van der Waals surface area (Å²) in [5, 5.41) is 5.51. The Morgan fingerprint density at radius 2 is 1.80 bits per heavy atom. The molecular weight excluding hydrogens is 254 g/mol. The van der Waals surface area contributed by atoms with Crippen molar-refractivity contribution in [3.05, 3.63) is 24.3 Å². The summed E-state index contributed by atoms with van der Waals surface area (Å²) in [6, 6.07) is 6.50. The van der Waals surface area contributed by atoms with E-state index in [1.165, 1.54) is 0 Å². The van der Waals surface area contributed by atoms with E-state index < -0.39 is 6.04 Å². The number of hydrogen-bond acceptors (Lipinski definition) is 3. The van der Waals surface area contributed by atoms with Gasteiger partial charge in [0.15, 0.2) is 0 Å². The first-order valence-electron chi connectivity index (χ1n) is 6.88. The highest BCUT2D eigenvalue weighted by Gasteiger charge is 2.15. The van der Waals surface area contributed by atoms with E-state index in [4.69, 9.17) is 5.73 Å². The van der Waals surface area contributed by atoms with E-state index >= 15 is 0 Å². The van der Waals surface area contributed by atoms with Gasteiger partial charge in [0.05, 0.1) is 6.04 Å². The maximum Gasteiger partial charge on any atom is 0.241 e. The van der Waals surface area contributed by atoms with E-state index in [1.807, 2.05) is 13.8 Å². The van der Waals surface area contributed by atoms with E-state index in [0.29, 0.717) is 30.1 Å². The van der Waals surface area contributed by atoms with Gasteiger partial charge in [0.2, 0.25) is 11.8 Å². The number of rotatable bonds is 6. The standard InChI is InChI=1S/C15H23N3O2/c1-4-14(19)17-11-6-5-7-12(9-11)18-15(20)13(16)8-10(2)3/h5-7,9-10,13H,4,8,16H2,1-3H3,(H,17,19)(H,18,20)/t13-/m0/s1. The minimum atomic E-state index is -0.524. The van der Waals surface area contributed by atoms with E-state index in [2.05, 4.69) is 10.6 Å². The summed E-state index contributed by atoms with van der Waals surface area (Å²) in [7, 11) is 0. The van der Waals surface area contributed by atoms with Crippen LogP contribution in [0.5, 0.6) is 0 Å². The van der Waals surface area contributed by atoms with Crippen LogP contribution in [0.15, 0.2) is 24.3 Å². The van der Waals surface area contributed by atoms with Crippen LogP contribution < -0.4 is 16.4 Å². The number of hydrogen-bond donors (Lipinski definition) is 3. The Bertz CT molecular complexity index is 472. The molecule has 2 amide bonds. The third-order valence-electron chi connectivity index (χ3n) is 2.80. The lowest BCUT2D eigenvalue weighted by molar-refractivity contribution is -0.118. The van der Waals surface area contributed by atoms with Gasteiger partial charge in [-0.15, -0.1) is 0 Å². The number of anilines is 2. The van der Waals surface area contributed by atoms with Crippen molar-refractivity contribution in [1.82, 2.24) is 0 Å². The predicted molar refractivity (Wildman–Crippen MR) is 81.4 cm³/mol. The lowest BCUT2D eigenvalue weighted by Gasteiger charge is -2.14. The lowest BCUT2D eigenvalue weighted by Crippen LogP contribution is -2.36. The average Bonchev–Trinajstić information content (AvgIpc) is 2.38. The van der Waals surface area contributed by atoms with Gasteiger partial charge in [-0.3, -0.25) is 9.59 Å². The summed E-state index contributed by atoms with van der Waals surface area (Å²) in [4.78, 5) is 23.2. The summed E-state index contributed by atoms with van der Waals surface area (Å²) < 4.78 is 0.